The zero-order chi connectivity index (χ0) is 8.41. The second-order valence-corrected chi connectivity index (χ2v) is 2.54. The van der Waals surface area contributed by atoms with Crippen LogP contribution in [0, 0.1) is 5.92 Å². The van der Waals surface area contributed by atoms with Gasteiger partial charge < -0.3 is 0 Å². The standard InChI is InChI=1S/C8H16.C2H6/c1-4-5-6-7-8(2)3;1-2/h4-5,8H,6-7H2,1-3H3;1-2H3/b5-4+;. The average molecular weight is 142 g/mol. The minimum absolute atomic E-state index is 0.853. The van der Waals surface area contributed by atoms with Crippen molar-refractivity contribution in [2.45, 2.75) is 47.5 Å². The van der Waals surface area contributed by atoms with Crippen LogP contribution in [0.15, 0.2) is 12.2 Å². The molecule has 0 heteroatoms. The molecule has 0 aliphatic heterocycles. The second kappa shape index (κ2) is 11.5. The average Bonchev–Trinajstić information content (AvgIpc) is 1.92. The van der Waals surface area contributed by atoms with Gasteiger partial charge in [0, 0.05) is 0 Å². The van der Waals surface area contributed by atoms with Crippen molar-refractivity contribution >= 4 is 0 Å². The van der Waals surface area contributed by atoms with Gasteiger partial charge >= 0.3 is 0 Å². The quantitative estimate of drug-likeness (QED) is 0.522. The van der Waals surface area contributed by atoms with E-state index in [1.165, 1.54) is 12.8 Å². The Morgan fingerprint density at radius 3 is 2.00 bits per heavy atom. The van der Waals surface area contributed by atoms with E-state index in [9.17, 15) is 0 Å². The Labute approximate surface area is 66.3 Å². The molecular weight excluding hydrogens is 120 g/mol. The molecule has 0 aliphatic rings. The summed E-state index contributed by atoms with van der Waals surface area (Å²) < 4.78 is 0. The van der Waals surface area contributed by atoms with Crippen LogP contribution in [0.25, 0.3) is 0 Å². The zero-order valence-corrected chi connectivity index (χ0v) is 8.15. The van der Waals surface area contributed by atoms with E-state index in [2.05, 4.69) is 32.9 Å². The predicted molar refractivity (Wildman–Crippen MR) is 50.2 cm³/mol. The number of hydrogen-bond donors (Lipinski definition) is 0. The number of allylic oxidation sites excluding steroid dienone is 2. The molecule has 0 nitrogen and oxygen atoms in total. The fourth-order valence-corrected chi connectivity index (χ4v) is 0.596. The third-order valence-electron chi connectivity index (χ3n) is 1.15. The Bertz CT molecular complexity index is 60.4. The first-order valence-electron chi connectivity index (χ1n) is 4.38. The summed E-state index contributed by atoms with van der Waals surface area (Å²) in [5.74, 6) is 0.853. The molecule has 0 saturated heterocycles. The topological polar surface area (TPSA) is 0 Å². The monoisotopic (exact) mass is 142 g/mol. The van der Waals surface area contributed by atoms with E-state index >= 15 is 0 Å². The highest BCUT2D eigenvalue weighted by molar-refractivity contribution is 4.76. The van der Waals surface area contributed by atoms with E-state index in [1.807, 2.05) is 13.8 Å². The molecule has 10 heavy (non-hydrogen) atoms. The summed E-state index contributed by atoms with van der Waals surface area (Å²) in [6.45, 7) is 10.6. The van der Waals surface area contributed by atoms with Gasteiger partial charge in [0.2, 0.25) is 0 Å². The highest BCUT2D eigenvalue weighted by Crippen LogP contribution is 2.02. The summed E-state index contributed by atoms with van der Waals surface area (Å²) >= 11 is 0. The maximum Gasteiger partial charge on any atom is -0.0348 e. The molecule has 0 saturated carbocycles. The molecule has 0 atom stereocenters. The van der Waals surface area contributed by atoms with Crippen LogP contribution < -0.4 is 0 Å². The van der Waals surface area contributed by atoms with Crippen LogP contribution >= 0.6 is 0 Å². The van der Waals surface area contributed by atoms with E-state index in [1.54, 1.807) is 0 Å². The second-order valence-electron chi connectivity index (χ2n) is 2.54. The third-order valence-corrected chi connectivity index (χ3v) is 1.15. The number of rotatable bonds is 3. The fourth-order valence-electron chi connectivity index (χ4n) is 0.596. The molecule has 0 rings (SSSR count). The lowest BCUT2D eigenvalue weighted by molar-refractivity contribution is 0.594. The maximum atomic E-state index is 2.25. The minimum atomic E-state index is 0.853. The van der Waals surface area contributed by atoms with Gasteiger partial charge in [-0.3, -0.25) is 0 Å². The Morgan fingerprint density at radius 2 is 1.70 bits per heavy atom. The van der Waals surface area contributed by atoms with Gasteiger partial charge in [0.1, 0.15) is 0 Å². The molecule has 0 aliphatic carbocycles. The summed E-state index contributed by atoms with van der Waals surface area (Å²) in [4.78, 5) is 0. The van der Waals surface area contributed by atoms with Gasteiger partial charge in [0.25, 0.3) is 0 Å². The molecule has 0 bridgehead atoms. The molecule has 0 N–H and O–H groups in total. The molecule has 0 amide bonds. The smallest absolute Gasteiger partial charge is 0.0348 e. The van der Waals surface area contributed by atoms with Crippen LogP contribution in [0.5, 0.6) is 0 Å². The Kier molecular flexibility index (Phi) is 14.3. The van der Waals surface area contributed by atoms with Crippen LogP contribution in [0.3, 0.4) is 0 Å². The van der Waals surface area contributed by atoms with E-state index in [-0.39, 0.29) is 0 Å². The first-order valence-corrected chi connectivity index (χ1v) is 4.38. The lowest BCUT2D eigenvalue weighted by Gasteiger charge is -1.97. The van der Waals surface area contributed by atoms with Crippen molar-refractivity contribution in [2.24, 2.45) is 5.92 Å². The molecule has 0 radical (unpaired) electrons. The molecule has 0 aromatic carbocycles. The SMILES string of the molecule is C/C=C/CCC(C)C.CC. The summed E-state index contributed by atoms with van der Waals surface area (Å²) in [5, 5.41) is 0. The highest BCUT2D eigenvalue weighted by atomic mass is 13.9. The third kappa shape index (κ3) is 15.6. The fraction of sp³-hybridized carbons (Fsp3) is 0.800. The van der Waals surface area contributed by atoms with E-state index in [0.29, 0.717) is 0 Å². The Balaban J connectivity index is 0. The zero-order valence-electron chi connectivity index (χ0n) is 8.15. The van der Waals surface area contributed by atoms with Gasteiger partial charge in [0.05, 0.1) is 0 Å². The van der Waals surface area contributed by atoms with Crippen LogP contribution in [-0.2, 0) is 0 Å². The first-order chi connectivity index (χ1) is 4.77. The van der Waals surface area contributed by atoms with Crippen LogP contribution in [-0.4, -0.2) is 0 Å². The summed E-state index contributed by atoms with van der Waals surface area (Å²) in [6.07, 6.45) is 6.90. The van der Waals surface area contributed by atoms with Gasteiger partial charge in [-0.15, -0.1) is 0 Å². The van der Waals surface area contributed by atoms with Crippen molar-refractivity contribution in [3.05, 3.63) is 12.2 Å². The van der Waals surface area contributed by atoms with Gasteiger partial charge in [0.15, 0.2) is 0 Å². The van der Waals surface area contributed by atoms with Crippen LogP contribution in [0.4, 0.5) is 0 Å². The van der Waals surface area contributed by atoms with Crippen molar-refractivity contribution in [1.29, 1.82) is 0 Å². The van der Waals surface area contributed by atoms with Crippen molar-refractivity contribution in [1.82, 2.24) is 0 Å². The van der Waals surface area contributed by atoms with Crippen molar-refractivity contribution in [3.8, 4) is 0 Å². The van der Waals surface area contributed by atoms with Crippen LogP contribution in [0.1, 0.15) is 47.5 Å². The predicted octanol–water partition coefficient (Wildman–Crippen LogP) is 4.02. The largest absolute Gasteiger partial charge is 0.0917 e. The minimum Gasteiger partial charge on any atom is -0.0917 e. The summed E-state index contributed by atoms with van der Waals surface area (Å²) in [6, 6.07) is 0. The molecule has 0 unspecified atom stereocenters. The highest BCUT2D eigenvalue weighted by Gasteiger charge is 1.87. The van der Waals surface area contributed by atoms with Crippen molar-refractivity contribution in [2.75, 3.05) is 0 Å². The van der Waals surface area contributed by atoms with E-state index < -0.39 is 0 Å². The van der Waals surface area contributed by atoms with Crippen molar-refractivity contribution in [3.63, 3.8) is 0 Å². The molecule has 0 aromatic rings. The molecule has 62 valence electrons. The van der Waals surface area contributed by atoms with Crippen molar-refractivity contribution < 1.29 is 0 Å². The maximum absolute atomic E-state index is 2.25. The van der Waals surface area contributed by atoms with Gasteiger partial charge in [-0.05, 0) is 25.7 Å². The lowest BCUT2D eigenvalue weighted by atomic mass is 10.1. The Hall–Kier alpha value is -0.260. The molecular formula is C10H22. The molecule has 0 heterocycles. The van der Waals surface area contributed by atoms with E-state index in [4.69, 9.17) is 0 Å². The summed E-state index contributed by atoms with van der Waals surface area (Å²) in [7, 11) is 0. The summed E-state index contributed by atoms with van der Waals surface area (Å²) in [5.41, 5.74) is 0. The van der Waals surface area contributed by atoms with Gasteiger partial charge in [-0.2, -0.15) is 0 Å². The number of hydrogen-bond acceptors (Lipinski definition) is 0. The first kappa shape index (κ1) is 12.4. The Morgan fingerprint density at radius 1 is 1.20 bits per heavy atom. The normalized spacial score (nSPS) is 9.80. The van der Waals surface area contributed by atoms with Gasteiger partial charge in [-0.1, -0.05) is 39.8 Å². The molecule has 0 aromatic heterocycles. The van der Waals surface area contributed by atoms with E-state index in [0.717, 1.165) is 5.92 Å². The molecule has 0 fully saturated rings. The molecule has 0 spiro atoms. The van der Waals surface area contributed by atoms with Gasteiger partial charge in [-0.25, -0.2) is 0 Å². The van der Waals surface area contributed by atoms with Crippen LogP contribution in [0.2, 0.25) is 0 Å². The lowest BCUT2D eigenvalue weighted by Crippen LogP contribution is -1.82.